The van der Waals surface area contributed by atoms with Gasteiger partial charge in [-0.3, -0.25) is 4.79 Å². The van der Waals surface area contributed by atoms with E-state index in [1.54, 1.807) is 12.1 Å². The molecule has 2 aromatic rings. The Labute approximate surface area is 148 Å². The molecular formula is C19H20N2O3S. The second-order valence-corrected chi connectivity index (χ2v) is 7.88. The number of sulfonamides is 1. The molecule has 6 heteroatoms. The summed E-state index contributed by atoms with van der Waals surface area (Å²) in [5.74, 6) is -0.577. The van der Waals surface area contributed by atoms with Gasteiger partial charge in [-0.05, 0) is 31.0 Å². The van der Waals surface area contributed by atoms with Crippen LogP contribution in [0.15, 0.2) is 64.6 Å². The topological polar surface area (TPSA) is 66.8 Å². The maximum atomic E-state index is 12.9. The summed E-state index contributed by atoms with van der Waals surface area (Å²) in [7, 11) is -4.00. The second-order valence-electron chi connectivity index (χ2n) is 6.12. The zero-order valence-corrected chi connectivity index (χ0v) is 15.0. The number of carbonyl (C=O) groups excluding carboxylic acids is 1. The number of rotatable bonds is 4. The first-order valence-corrected chi connectivity index (χ1v) is 9.66. The Kier molecular flexibility index (Phi) is 4.72. The van der Waals surface area contributed by atoms with E-state index in [0.717, 1.165) is 17.5 Å². The van der Waals surface area contributed by atoms with Gasteiger partial charge in [-0.25, -0.2) is 0 Å². The molecule has 1 atom stereocenters. The van der Waals surface area contributed by atoms with Crippen molar-refractivity contribution in [1.29, 1.82) is 0 Å². The summed E-state index contributed by atoms with van der Waals surface area (Å²) in [6, 6.07) is 15.8. The zero-order valence-electron chi connectivity index (χ0n) is 14.2. The Morgan fingerprint density at radius 3 is 2.32 bits per heavy atom. The monoisotopic (exact) mass is 356 g/mol. The van der Waals surface area contributed by atoms with E-state index in [9.17, 15) is 13.2 Å². The lowest BCUT2D eigenvalue weighted by atomic mass is 9.90. The number of hydrogen-bond donors (Lipinski definition) is 0. The van der Waals surface area contributed by atoms with E-state index in [1.807, 2.05) is 44.2 Å². The lowest BCUT2D eigenvalue weighted by Gasteiger charge is -2.28. The van der Waals surface area contributed by atoms with E-state index in [2.05, 4.69) is 5.10 Å². The molecule has 1 aliphatic heterocycles. The molecule has 0 spiro atoms. The van der Waals surface area contributed by atoms with Gasteiger partial charge in [0.1, 0.15) is 0 Å². The van der Waals surface area contributed by atoms with E-state index in [4.69, 9.17) is 0 Å². The van der Waals surface area contributed by atoms with Crippen LogP contribution in [0.3, 0.4) is 0 Å². The SMILES string of the molecule is CCC1CC(=O)N(S(=O)(=O)c2ccc(C)cc2)N=C1c1ccccc1. The van der Waals surface area contributed by atoms with E-state index >= 15 is 0 Å². The summed E-state index contributed by atoms with van der Waals surface area (Å²) < 4.78 is 26.4. The highest BCUT2D eigenvalue weighted by Crippen LogP contribution is 2.28. The molecule has 0 radical (unpaired) electrons. The molecule has 0 bridgehead atoms. The molecule has 3 rings (SSSR count). The first-order valence-electron chi connectivity index (χ1n) is 8.22. The molecule has 0 saturated heterocycles. The highest BCUT2D eigenvalue weighted by atomic mass is 32.2. The van der Waals surface area contributed by atoms with Crippen LogP contribution in [0.4, 0.5) is 0 Å². The molecule has 25 heavy (non-hydrogen) atoms. The van der Waals surface area contributed by atoms with Crippen LogP contribution in [-0.4, -0.2) is 24.5 Å². The minimum Gasteiger partial charge on any atom is -0.272 e. The molecule has 0 aliphatic carbocycles. The summed E-state index contributed by atoms with van der Waals surface area (Å²) in [5, 5.41) is 4.27. The van der Waals surface area contributed by atoms with Crippen molar-refractivity contribution >= 4 is 21.6 Å². The average Bonchev–Trinajstić information content (AvgIpc) is 2.62. The fraction of sp³-hybridized carbons (Fsp3) is 0.263. The van der Waals surface area contributed by atoms with Gasteiger partial charge in [0.25, 0.3) is 15.9 Å². The number of aryl methyl sites for hydroxylation is 1. The van der Waals surface area contributed by atoms with Crippen molar-refractivity contribution in [3.63, 3.8) is 0 Å². The molecule has 2 aromatic carbocycles. The third-order valence-electron chi connectivity index (χ3n) is 4.33. The molecule has 0 N–H and O–H groups in total. The van der Waals surface area contributed by atoms with Crippen LogP contribution < -0.4 is 0 Å². The van der Waals surface area contributed by atoms with Crippen LogP contribution in [0.25, 0.3) is 0 Å². The number of carbonyl (C=O) groups is 1. The van der Waals surface area contributed by atoms with Gasteiger partial charge in [-0.15, -0.1) is 4.41 Å². The number of hydrogen-bond acceptors (Lipinski definition) is 4. The number of benzene rings is 2. The van der Waals surface area contributed by atoms with Gasteiger partial charge in [0.05, 0.1) is 10.6 Å². The van der Waals surface area contributed by atoms with Gasteiger partial charge in [0.2, 0.25) is 0 Å². The predicted molar refractivity (Wildman–Crippen MR) is 96.6 cm³/mol. The molecule has 5 nitrogen and oxygen atoms in total. The molecular weight excluding hydrogens is 336 g/mol. The summed E-state index contributed by atoms with van der Waals surface area (Å²) >= 11 is 0. The van der Waals surface area contributed by atoms with E-state index in [1.165, 1.54) is 12.1 Å². The Balaban J connectivity index is 2.08. The fourth-order valence-corrected chi connectivity index (χ4v) is 4.08. The van der Waals surface area contributed by atoms with Crippen molar-refractivity contribution in [3.05, 3.63) is 65.7 Å². The smallest absolute Gasteiger partial charge is 0.272 e. The predicted octanol–water partition coefficient (Wildman–Crippen LogP) is 3.35. The zero-order chi connectivity index (χ0) is 18.0. The number of nitrogens with zero attached hydrogens (tertiary/aromatic N) is 2. The van der Waals surface area contributed by atoms with Crippen molar-refractivity contribution < 1.29 is 13.2 Å². The minimum atomic E-state index is -4.00. The summed E-state index contributed by atoms with van der Waals surface area (Å²) in [5.41, 5.74) is 2.42. The van der Waals surface area contributed by atoms with Gasteiger partial charge in [0.15, 0.2) is 0 Å². The van der Waals surface area contributed by atoms with Gasteiger partial charge in [-0.1, -0.05) is 55.0 Å². The molecule has 0 aromatic heterocycles. The largest absolute Gasteiger partial charge is 0.286 e. The third-order valence-corrected chi connectivity index (χ3v) is 5.94. The van der Waals surface area contributed by atoms with Crippen molar-refractivity contribution in [1.82, 2.24) is 4.41 Å². The first kappa shape index (κ1) is 17.4. The Morgan fingerprint density at radius 1 is 1.08 bits per heavy atom. The Bertz CT molecular complexity index is 903. The fourth-order valence-electron chi connectivity index (χ4n) is 2.86. The van der Waals surface area contributed by atoms with Crippen molar-refractivity contribution in [3.8, 4) is 0 Å². The van der Waals surface area contributed by atoms with E-state index in [-0.39, 0.29) is 17.2 Å². The standard InChI is InChI=1S/C19H20N2O3S/c1-3-15-13-18(22)21(20-19(15)16-7-5-4-6-8-16)25(23,24)17-11-9-14(2)10-12-17/h4-12,15H,3,13H2,1-2H3. The quantitative estimate of drug-likeness (QED) is 0.844. The van der Waals surface area contributed by atoms with Gasteiger partial charge in [0, 0.05) is 12.3 Å². The molecule has 0 fully saturated rings. The lowest BCUT2D eigenvalue weighted by Crippen LogP contribution is -2.40. The maximum absolute atomic E-state index is 12.9. The van der Waals surface area contributed by atoms with Crippen molar-refractivity contribution in [2.24, 2.45) is 11.0 Å². The lowest BCUT2D eigenvalue weighted by molar-refractivity contribution is -0.127. The normalized spacial score (nSPS) is 18.2. The number of hydrazone groups is 1. The Hall–Kier alpha value is -2.47. The minimum absolute atomic E-state index is 0.0672. The molecule has 130 valence electrons. The van der Waals surface area contributed by atoms with Gasteiger partial charge in [-0.2, -0.15) is 13.5 Å². The van der Waals surface area contributed by atoms with Crippen molar-refractivity contribution in [2.75, 3.05) is 0 Å². The van der Waals surface area contributed by atoms with E-state index in [0.29, 0.717) is 10.1 Å². The van der Waals surface area contributed by atoms with Crippen LogP contribution in [0.1, 0.15) is 30.9 Å². The molecule has 1 amide bonds. The second kappa shape index (κ2) is 6.80. The van der Waals surface area contributed by atoms with Crippen LogP contribution in [0.2, 0.25) is 0 Å². The van der Waals surface area contributed by atoms with Crippen LogP contribution >= 0.6 is 0 Å². The van der Waals surface area contributed by atoms with E-state index < -0.39 is 15.9 Å². The maximum Gasteiger partial charge on any atom is 0.286 e. The van der Waals surface area contributed by atoms with Crippen molar-refractivity contribution in [2.45, 2.75) is 31.6 Å². The molecule has 1 heterocycles. The molecule has 1 aliphatic rings. The average molecular weight is 356 g/mol. The highest BCUT2D eigenvalue weighted by Gasteiger charge is 2.36. The summed E-state index contributed by atoms with van der Waals surface area (Å²) in [6.07, 6.45) is 0.854. The Morgan fingerprint density at radius 2 is 1.72 bits per heavy atom. The molecule has 0 saturated carbocycles. The van der Waals surface area contributed by atoms with Gasteiger partial charge < -0.3 is 0 Å². The first-order chi connectivity index (χ1) is 11.9. The number of amides is 1. The molecule has 1 unspecified atom stereocenters. The third kappa shape index (κ3) is 3.35. The summed E-state index contributed by atoms with van der Waals surface area (Å²) in [4.78, 5) is 12.5. The van der Waals surface area contributed by atoms with Crippen LogP contribution in [-0.2, 0) is 14.8 Å². The van der Waals surface area contributed by atoms with Crippen LogP contribution in [0, 0.1) is 12.8 Å². The van der Waals surface area contributed by atoms with Gasteiger partial charge >= 0.3 is 0 Å². The van der Waals surface area contributed by atoms with Crippen LogP contribution in [0.5, 0.6) is 0 Å². The highest BCUT2D eigenvalue weighted by molar-refractivity contribution is 7.89. The summed E-state index contributed by atoms with van der Waals surface area (Å²) in [6.45, 7) is 3.85.